The van der Waals surface area contributed by atoms with Crippen LogP contribution in [0.4, 0.5) is 11.5 Å². The second-order valence-corrected chi connectivity index (χ2v) is 5.70. The Balaban J connectivity index is 2.00. The number of nitrogens with one attached hydrogen (secondary N) is 1. The summed E-state index contributed by atoms with van der Waals surface area (Å²) in [6.07, 6.45) is 5.21. The number of hydrogen-bond donors (Lipinski definition) is 3. The number of nitrogens with zero attached hydrogens (tertiary/aromatic N) is 1. The van der Waals surface area contributed by atoms with Crippen LogP contribution >= 0.6 is 11.8 Å². The first-order chi connectivity index (χ1) is 8.68. The zero-order valence-corrected chi connectivity index (χ0v) is 10.9. The molecule has 1 aliphatic heterocycles. The highest BCUT2D eigenvalue weighted by Crippen LogP contribution is 2.26. The molecule has 98 valence electrons. The van der Waals surface area contributed by atoms with Gasteiger partial charge in [0.05, 0.1) is 11.3 Å². The number of carboxylic acids is 1. The highest BCUT2D eigenvalue weighted by atomic mass is 32.2. The van der Waals surface area contributed by atoms with Crippen LogP contribution in [0.1, 0.15) is 29.6 Å². The van der Waals surface area contributed by atoms with Gasteiger partial charge in [-0.25, -0.2) is 9.78 Å². The Labute approximate surface area is 110 Å². The smallest absolute Gasteiger partial charge is 0.337 e. The summed E-state index contributed by atoms with van der Waals surface area (Å²) in [4.78, 5) is 15.0. The normalized spacial score (nSPS) is 19.4. The summed E-state index contributed by atoms with van der Waals surface area (Å²) in [6, 6.07) is 1.41. The van der Waals surface area contributed by atoms with Crippen molar-refractivity contribution in [3.8, 4) is 0 Å². The summed E-state index contributed by atoms with van der Waals surface area (Å²) < 4.78 is 0. The second kappa shape index (κ2) is 5.95. The molecule has 0 amide bonds. The van der Waals surface area contributed by atoms with Gasteiger partial charge in [0.1, 0.15) is 5.82 Å². The van der Waals surface area contributed by atoms with E-state index in [2.05, 4.69) is 10.3 Å². The molecule has 1 aliphatic rings. The van der Waals surface area contributed by atoms with Crippen LogP contribution in [0.2, 0.25) is 0 Å². The predicted octanol–water partition coefficient (Wildman–Crippen LogP) is 2.06. The molecule has 1 aromatic heterocycles. The van der Waals surface area contributed by atoms with Gasteiger partial charge in [0.25, 0.3) is 0 Å². The van der Waals surface area contributed by atoms with Crippen LogP contribution in [0.5, 0.6) is 0 Å². The van der Waals surface area contributed by atoms with Gasteiger partial charge in [0.15, 0.2) is 0 Å². The molecular formula is C12H17N3O2S. The number of pyridine rings is 1. The number of hydrogen-bond acceptors (Lipinski definition) is 5. The quantitative estimate of drug-likeness (QED) is 0.774. The Morgan fingerprint density at radius 3 is 3.11 bits per heavy atom. The van der Waals surface area contributed by atoms with E-state index >= 15 is 0 Å². The third kappa shape index (κ3) is 3.07. The Bertz CT molecular complexity index is 433. The molecule has 1 atom stereocenters. The molecule has 0 saturated carbocycles. The second-order valence-electron chi connectivity index (χ2n) is 4.30. The van der Waals surface area contributed by atoms with Crippen LogP contribution in [-0.4, -0.2) is 33.6 Å². The molecule has 2 rings (SSSR count). The van der Waals surface area contributed by atoms with Gasteiger partial charge in [-0.3, -0.25) is 0 Å². The molecule has 2 heterocycles. The lowest BCUT2D eigenvalue weighted by Crippen LogP contribution is -2.21. The first-order valence-electron chi connectivity index (χ1n) is 6.01. The van der Waals surface area contributed by atoms with E-state index in [0.717, 1.165) is 6.54 Å². The summed E-state index contributed by atoms with van der Waals surface area (Å²) in [6.45, 7) is 0.783. The molecule has 4 N–H and O–H groups in total. The molecule has 0 bridgehead atoms. The van der Waals surface area contributed by atoms with Crippen LogP contribution in [0.25, 0.3) is 0 Å². The fourth-order valence-electron chi connectivity index (χ4n) is 1.98. The molecule has 0 spiro atoms. The molecule has 6 heteroatoms. The van der Waals surface area contributed by atoms with Gasteiger partial charge in [0, 0.05) is 18.0 Å². The lowest BCUT2D eigenvalue weighted by molar-refractivity contribution is 0.0698. The SMILES string of the molecule is Nc1c(C(=O)O)ccnc1NCC1CCCCS1. The minimum atomic E-state index is -1.02. The molecule has 0 aliphatic carbocycles. The van der Waals surface area contributed by atoms with E-state index in [9.17, 15) is 4.79 Å². The van der Waals surface area contributed by atoms with Crippen molar-refractivity contribution in [3.63, 3.8) is 0 Å². The van der Waals surface area contributed by atoms with Crippen molar-refractivity contribution in [2.24, 2.45) is 0 Å². The minimum Gasteiger partial charge on any atom is -0.478 e. The zero-order chi connectivity index (χ0) is 13.0. The van der Waals surface area contributed by atoms with Gasteiger partial charge in [-0.15, -0.1) is 0 Å². The fraction of sp³-hybridized carbons (Fsp3) is 0.500. The van der Waals surface area contributed by atoms with E-state index in [4.69, 9.17) is 10.8 Å². The van der Waals surface area contributed by atoms with E-state index in [1.807, 2.05) is 11.8 Å². The number of aromatic nitrogens is 1. The summed E-state index contributed by atoms with van der Waals surface area (Å²) in [5, 5.41) is 12.7. The number of rotatable bonds is 4. The molecule has 1 fully saturated rings. The van der Waals surface area contributed by atoms with E-state index < -0.39 is 5.97 Å². The van der Waals surface area contributed by atoms with Crippen LogP contribution < -0.4 is 11.1 Å². The number of nitrogen functional groups attached to an aromatic ring is 1. The number of nitrogens with two attached hydrogens (primary N) is 1. The lowest BCUT2D eigenvalue weighted by atomic mass is 10.2. The maximum absolute atomic E-state index is 10.9. The first kappa shape index (κ1) is 13.0. The highest BCUT2D eigenvalue weighted by molar-refractivity contribution is 7.99. The number of anilines is 2. The summed E-state index contributed by atoms with van der Waals surface area (Å²) in [5.41, 5.74) is 6.10. The van der Waals surface area contributed by atoms with Gasteiger partial charge in [-0.05, 0) is 24.7 Å². The third-order valence-corrected chi connectivity index (χ3v) is 4.39. The van der Waals surface area contributed by atoms with E-state index in [1.165, 1.54) is 37.3 Å². The molecule has 5 nitrogen and oxygen atoms in total. The molecule has 1 unspecified atom stereocenters. The first-order valence-corrected chi connectivity index (χ1v) is 7.06. The van der Waals surface area contributed by atoms with E-state index in [1.54, 1.807) is 0 Å². The van der Waals surface area contributed by atoms with Gasteiger partial charge in [0.2, 0.25) is 0 Å². The molecule has 18 heavy (non-hydrogen) atoms. The van der Waals surface area contributed by atoms with Crippen molar-refractivity contribution in [2.45, 2.75) is 24.5 Å². The number of aromatic carboxylic acids is 1. The summed E-state index contributed by atoms with van der Waals surface area (Å²) in [7, 11) is 0. The van der Waals surface area contributed by atoms with Gasteiger partial charge < -0.3 is 16.2 Å². The number of carbonyl (C=O) groups is 1. The van der Waals surface area contributed by atoms with Crippen molar-refractivity contribution >= 4 is 29.2 Å². The van der Waals surface area contributed by atoms with Crippen LogP contribution in [0.3, 0.4) is 0 Å². The Kier molecular flexibility index (Phi) is 4.30. The molecule has 1 saturated heterocycles. The van der Waals surface area contributed by atoms with Crippen molar-refractivity contribution < 1.29 is 9.90 Å². The van der Waals surface area contributed by atoms with Crippen molar-refractivity contribution in [2.75, 3.05) is 23.3 Å². The Morgan fingerprint density at radius 2 is 2.44 bits per heavy atom. The summed E-state index contributed by atoms with van der Waals surface area (Å²) in [5.74, 6) is 0.649. The molecule has 1 aromatic rings. The average molecular weight is 267 g/mol. The monoisotopic (exact) mass is 267 g/mol. The van der Waals surface area contributed by atoms with Crippen molar-refractivity contribution in [1.82, 2.24) is 4.98 Å². The lowest BCUT2D eigenvalue weighted by Gasteiger charge is -2.22. The minimum absolute atomic E-state index is 0.101. The van der Waals surface area contributed by atoms with Crippen molar-refractivity contribution in [1.29, 1.82) is 0 Å². The van der Waals surface area contributed by atoms with Crippen LogP contribution in [0.15, 0.2) is 12.3 Å². The highest BCUT2D eigenvalue weighted by Gasteiger charge is 2.16. The Hall–Kier alpha value is -1.43. The topological polar surface area (TPSA) is 88.2 Å². The zero-order valence-electron chi connectivity index (χ0n) is 10.1. The standard InChI is InChI=1S/C12H17N3O2S/c13-10-9(12(16)17)4-5-14-11(10)15-7-8-3-1-2-6-18-8/h4-5,8H,1-3,6-7,13H2,(H,14,15)(H,16,17). The Morgan fingerprint density at radius 1 is 1.61 bits per heavy atom. The predicted molar refractivity (Wildman–Crippen MR) is 74.2 cm³/mol. The van der Waals surface area contributed by atoms with Gasteiger partial charge >= 0.3 is 5.97 Å². The number of carboxylic acid groups (broad SMARTS) is 1. The maximum atomic E-state index is 10.9. The maximum Gasteiger partial charge on any atom is 0.337 e. The molecular weight excluding hydrogens is 250 g/mol. The molecule has 0 radical (unpaired) electrons. The summed E-state index contributed by atoms with van der Waals surface area (Å²) >= 11 is 1.95. The van der Waals surface area contributed by atoms with E-state index in [-0.39, 0.29) is 11.3 Å². The fourth-order valence-corrected chi connectivity index (χ4v) is 3.22. The van der Waals surface area contributed by atoms with Gasteiger partial charge in [-0.1, -0.05) is 6.42 Å². The number of thioether (sulfide) groups is 1. The molecule has 0 aromatic carbocycles. The third-order valence-electron chi connectivity index (χ3n) is 2.99. The van der Waals surface area contributed by atoms with Crippen LogP contribution in [-0.2, 0) is 0 Å². The largest absolute Gasteiger partial charge is 0.478 e. The van der Waals surface area contributed by atoms with Crippen LogP contribution in [0, 0.1) is 0 Å². The van der Waals surface area contributed by atoms with E-state index in [0.29, 0.717) is 11.1 Å². The van der Waals surface area contributed by atoms with Gasteiger partial charge in [-0.2, -0.15) is 11.8 Å². The average Bonchev–Trinajstić information content (AvgIpc) is 2.38. The van der Waals surface area contributed by atoms with Crippen molar-refractivity contribution in [3.05, 3.63) is 17.8 Å².